The van der Waals surface area contributed by atoms with Crippen molar-refractivity contribution < 1.29 is 23.3 Å². The van der Waals surface area contributed by atoms with Crippen LogP contribution in [0.15, 0.2) is 27.7 Å². The number of carbonyl (C=O) groups is 1. The molecule has 0 amide bonds. The first-order valence-corrected chi connectivity index (χ1v) is 8.48. The molecule has 2 heterocycles. The Morgan fingerprint density at radius 2 is 2.09 bits per heavy atom. The molecule has 0 bridgehead atoms. The lowest BCUT2D eigenvalue weighted by Crippen LogP contribution is -2.02. The zero-order valence-electron chi connectivity index (χ0n) is 11.8. The van der Waals surface area contributed by atoms with Gasteiger partial charge >= 0.3 is 0 Å². The standard InChI is InChI=1S/C15H13NO5S/c1-22(18)11-5-4-9(14-15(11)20-7-19-14)13-10(6-16-21-13)12(17)8-2-3-8/h4-6,8H,2-3,7H2,1H3. The predicted octanol–water partition coefficient (Wildman–Crippen LogP) is 2.40. The summed E-state index contributed by atoms with van der Waals surface area (Å²) in [6.45, 7) is 0.0522. The Labute approximate surface area is 129 Å². The SMILES string of the molecule is C[S+]([O-])c1ccc(-c2oncc2C(=O)C2CC2)c2c1OCO2. The summed E-state index contributed by atoms with van der Waals surface area (Å²) in [4.78, 5) is 12.9. The largest absolute Gasteiger partial charge is 0.612 e. The van der Waals surface area contributed by atoms with E-state index in [1.807, 2.05) is 0 Å². The number of ketones is 1. The van der Waals surface area contributed by atoms with E-state index < -0.39 is 11.2 Å². The molecule has 0 N–H and O–H groups in total. The molecule has 1 aromatic heterocycles. The summed E-state index contributed by atoms with van der Waals surface area (Å²) in [7, 11) is 0. The first-order chi connectivity index (χ1) is 10.7. The molecule has 0 spiro atoms. The van der Waals surface area contributed by atoms with E-state index in [2.05, 4.69) is 5.16 Å². The van der Waals surface area contributed by atoms with E-state index in [0.717, 1.165) is 12.8 Å². The van der Waals surface area contributed by atoms with Crippen LogP contribution in [0.25, 0.3) is 11.3 Å². The molecule has 7 heteroatoms. The molecule has 1 unspecified atom stereocenters. The maximum Gasteiger partial charge on any atom is 0.231 e. The lowest BCUT2D eigenvalue weighted by atomic mass is 10.0. The van der Waals surface area contributed by atoms with Crippen molar-refractivity contribution in [3.05, 3.63) is 23.9 Å². The van der Waals surface area contributed by atoms with Crippen molar-refractivity contribution in [3.8, 4) is 22.8 Å². The highest BCUT2D eigenvalue weighted by atomic mass is 32.2. The van der Waals surface area contributed by atoms with Gasteiger partial charge in [-0.3, -0.25) is 4.79 Å². The van der Waals surface area contributed by atoms with Crippen LogP contribution in [-0.2, 0) is 11.2 Å². The van der Waals surface area contributed by atoms with Crippen molar-refractivity contribution >= 4 is 17.0 Å². The van der Waals surface area contributed by atoms with Gasteiger partial charge in [-0.2, -0.15) is 0 Å². The third kappa shape index (κ3) is 2.08. The van der Waals surface area contributed by atoms with Gasteiger partial charge < -0.3 is 18.5 Å². The van der Waals surface area contributed by atoms with E-state index in [4.69, 9.17) is 14.0 Å². The number of aromatic nitrogens is 1. The number of benzene rings is 1. The second-order valence-corrected chi connectivity index (χ2v) is 6.69. The Kier molecular flexibility index (Phi) is 3.12. The van der Waals surface area contributed by atoms with Gasteiger partial charge in [0, 0.05) is 5.92 Å². The summed E-state index contributed by atoms with van der Waals surface area (Å²) in [6.07, 6.45) is 4.85. The summed E-state index contributed by atoms with van der Waals surface area (Å²) in [5.74, 6) is 1.40. The van der Waals surface area contributed by atoms with Gasteiger partial charge in [-0.05, 0) is 36.2 Å². The highest BCUT2D eigenvalue weighted by Gasteiger charge is 2.36. The van der Waals surface area contributed by atoms with E-state index >= 15 is 0 Å². The normalized spacial score (nSPS) is 17.5. The smallest absolute Gasteiger partial charge is 0.231 e. The van der Waals surface area contributed by atoms with Crippen molar-refractivity contribution in [2.75, 3.05) is 13.0 Å². The van der Waals surface area contributed by atoms with Crippen LogP contribution in [0, 0.1) is 5.92 Å². The predicted molar refractivity (Wildman–Crippen MR) is 77.4 cm³/mol. The molecule has 1 aliphatic carbocycles. The third-order valence-corrected chi connectivity index (χ3v) is 4.76. The van der Waals surface area contributed by atoms with Gasteiger partial charge in [0.2, 0.25) is 12.5 Å². The maximum absolute atomic E-state index is 12.3. The molecule has 2 aliphatic rings. The Morgan fingerprint density at radius 1 is 1.32 bits per heavy atom. The van der Waals surface area contributed by atoms with E-state index in [0.29, 0.717) is 33.3 Å². The van der Waals surface area contributed by atoms with E-state index in [9.17, 15) is 9.35 Å². The maximum atomic E-state index is 12.3. The minimum Gasteiger partial charge on any atom is -0.612 e. The average Bonchev–Trinajstić information content (AvgIpc) is 3.05. The zero-order valence-corrected chi connectivity index (χ0v) is 12.6. The fourth-order valence-corrected chi connectivity index (χ4v) is 3.22. The van der Waals surface area contributed by atoms with Crippen molar-refractivity contribution in [1.82, 2.24) is 5.16 Å². The zero-order chi connectivity index (χ0) is 15.3. The van der Waals surface area contributed by atoms with Crippen LogP contribution in [-0.4, -0.2) is 28.5 Å². The fraction of sp³-hybridized carbons (Fsp3) is 0.333. The molecular weight excluding hydrogens is 306 g/mol. The molecule has 1 aliphatic heterocycles. The topological polar surface area (TPSA) is 84.6 Å². The van der Waals surface area contributed by atoms with Gasteiger partial charge in [0.15, 0.2) is 22.2 Å². The van der Waals surface area contributed by atoms with Gasteiger partial charge in [0.25, 0.3) is 0 Å². The van der Waals surface area contributed by atoms with Gasteiger partial charge in [-0.15, -0.1) is 0 Å². The van der Waals surface area contributed by atoms with Crippen molar-refractivity contribution in [2.45, 2.75) is 17.7 Å². The fourth-order valence-electron chi connectivity index (χ4n) is 2.55. The quantitative estimate of drug-likeness (QED) is 0.635. The molecule has 22 heavy (non-hydrogen) atoms. The first kappa shape index (κ1) is 13.7. The number of ether oxygens (including phenoxy) is 2. The highest BCUT2D eigenvalue weighted by Crippen LogP contribution is 2.47. The van der Waals surface area contributed by atoms with Gasteiger partial charge in [-0.1, -0.05) is 5.16 Å². The number of hydrogen-bond acceptors (Lipinski definition) is 6. The van der Waals surface area contributed by atoms with Crippen molar-refractivity contribution in [1.29, 1.82) is 0 Å². The molecule has 6 nitrogen and oxygen atoms in total. The summed E-state index contributed by atoms with van der Waals surface area (Å²) >= 11 is -1.20. The number of Topliss-reactive ketones (excluding diaryl/α,β-unsaturated/α-hetero) is 1. The molecule has 4 rings (SSSR count). The van der Waals surface area contributed by atoms with E-state index in [1.54, 1.807) is 18.4 Å². The number of rotatable bonds is 4. The monoisotopic (exact) mass is 319 g/mol. The molecule has 0 saturated heterocycles. The van der Waals surface area contributed by atoms with Gasteiger partial charge in [0.05, 0.1) is 17.3 Å². The summed E-state index contributed by atoms with van der Waals surface area (Å²) in [6, 6.07) is 3.43. The Hall–Kier alpha value is -1.99. The molecule has 114 valence electrons. The van der Waals surface area contributed by atoms with Crippen LogP contribution in [0.5, 0.6) is 11.5 Å². The molecule has 1 saturated carbocycles. The van der Waals surface area contributed by atoms with E-state index in [-0.39, 0.29) is 18.5 Å². The van der Waals surface area contributed by atoms with Crippen LogP contribution >= 0.6 is 0 Å². The number of fused-ring (bicyclic) bond motifs is 1. The van der Waals surface area contributed by atoms with Crippen LogP contribution in [0.2, 0.25) is 0 Å². The Morgan fingerprint density at radius 3 is 2.82 bits per heavy atom. The molecular formula is C15H13NO5S. The van der Waals surface area contributed by atoms with Crippen molar-refractivity contribution in [2.24, 2.45) is 5.92 Å². The lowest BCUT2D eigenvalue weighted by molar-refractivity contribution is 0.0968. The minimum absolute atomic E-state index is 0.0482. The Balaban J connectivity index is 1.83. The minimum atomic E-state index is -1.20. The number of carbonyl (C=O) groups excluding carboxylic acids is 1. The third-order valence-electron chi connectivity index (χ3n) is 3.82. The second-order valence-electron chi connectivity index (χ2n) is 5.34. The average molecular weight is 319 g/mol. The van der Waals surface area contributed by atoms with E-state index in [1.165, 1.54) is 6.20 Å². The van der Waals surface area contributed by atoms with Crippen molar-refractivity contribution in [3.63, 3.8) is 0 Å². The number of hydrogen-bond donors (Lipinski definition) is 0. The summed E-state index contributed by atoms with van der Waals surface area (Å²) in [5, 5.41) is 3.76. The van der Waals surface area contributed by atoms with Gasteiger partial charge in [0.1, 0.15) is 6.26 Å². The molecule has 0 radical (unpaired) electrons. The van der Waals surface area contributed by atoms with Crippen LogP contribution < -0.4 is 9.47 Å². The molecule has 1 fully saturated rings. The first-order valence-electron chi connectivity index (χ1n) is 6.92. The highest BCUT2D eigenvalue weighted by molar-refractivity contribution is 7.90. The summed E-state index contributed by atoms with van der Waals surface area (Å²) < 4.78 is 28.0. The number of nitrogens with zero attached hydrogens (tertiary/aromatic N) is 1. The summed E-state index contributed by atoms with van der Waals surface area (Å²) in [5.41, 5.74) is 1.06. The van der Waals surface area contributed by atoms with Crippen LogP contribution in [0.3, 0.4) is 0 Å². The molecule has 1 aromatic carbocycles. The Bertz CT molecular complexity index is 750. The molecule has 2 aromatic rings. The molecule has 1 atom stereocenters. The van der Waals surface area contributed by atoms with Gasteiger partial charge in [-0.25, -0.2) is 0 Å². The van der Waals surface area contributed by atoms with Crippen LogP contribution in [0.4, 0.5) is 0 Å². The lowest BCUT2D eigenvalue weighted by Gasteiger charge is -2.09. The second kappa shape index (κ2) is 5.03. The van der Waals surface area contributed by atoms with Crippen LogP contribution in [0.1, 0.15) is 23.2 Å².